The van der Waals surface area contributed by atoms with Gasteiger partial charge >= 0.3 is 0 Å². The molecule has 7 nitrogen and oxygen atoms in total. The topological polar surface area (TPSA) is 103 Å². The van der Waals surface area contributed by atoms with Crippen LogP contribution in [0.1, 0.15) is 0 Å². The predicted octanol–water partition coefficient (Wildman–Crippen LogP) is -2.25. The summed E-state index contributed by atoms with van der Waals surface area (Å²) in [5.41, 5.74) is 6.99. The van der Waals surface area contributed by atoms with Crippen LogP contribution in [0, 0.1) is 5.92 Å². The number of hydrogen-bond donors (Lipinski definition) is 3. The first-order valence-corrected chi connectivity index (χ1v) is 4.60. The molecular weight excluding hydrogens is 202 g/mol. The molecule has 15 heavy (non-hydrogen) atoms. The van der Waals surface area contributed by atoms with Crippen LogP contribution >= 0.6 is 0 Å². The van der Waals surface area contributed by atoms with Gasteiger partial charge in [0.1, 0.15) is 0 Å². The van der Waals surface area contributed by atoms with E-state index in [4.69, 9.17) is 10.5 Å². The molecule has 0 aromatic rings. The molecule has 0 spiro atoms. The fraction of sp³-hybridized carbons (Fsp3) is 0.750. The Balaban J connectivity index is 2.29. The second-order valence-electron chi connectivity index (χ2n) is 3.26. The number of carbonyl (C=O) groups excluding carboxylic acids is 2. The van der Waals surface area contributed by atoms with Gasteiger partial charge in [-0.2, -0.15) is 0 Å². The first-order valence-electron chi connectivity index (χ1n) is 4.60. The second-order valence-corrected chi connectivity index (χ2v) is 3.26. The fourth-order valence-electron chi connectivity index (χ4n) is 1.35. The van der Waals surface area contributed by atoms with Crippen molar-refractivity contribution in [1.82, 2.24) is 10.8 Å². The Morgan fingerprint density at radius 2 is 2.27 bits per heavy atom. The van der Waals surface area contributed by atoms with Crippen LogP contribution in [-0.4, -0.2) is 44.7 Å². The van der Waals surface area contributed by atoms with E-state index in [0.29, 0.717) is 13.2 Å². The van der Waals surface area contributed by atoms with E-state index in [1.165, 1.54) is 0 Å². The number of primary amides is 1. The summed E-state index contributed by atoms with van der Waals surface area (Å²) in [5.74, 6) is -1.25. The van der Waals surface area contributed by atoms with Gasteiger partial charge in [0.05, 0.1) is 19.1 Å². The van der Waals surface area contributed by atoms with E-state index in [1.807, 2.05) is 0 Å². The maximum atomic E-state index is 11.5. The minimum absolute atomic E-state index is 0.0258. The van der Waals surface area contributed by atoms with Crippen molar-refractivity contribution in [2.24, 2.45) is 11.7 Å². The molecule has 7 heteroatoms. The number of rotatable bonds is 5. The molecule has 0 aromatic carbocycles. The highest BCUT2D eigenvalue weighted by molar-refractivity contribution is 5.79. The molecule has 1 rings (SSSR count). The zero-order valence-corrected chi connectivity index (χ0v) is 8.49. The summed E-state index contributed by atoms with van der Waals surface area (Å²) in [4.78, 5) is 26.4. The summed E-state index contributed by atoms with van der Waals surface area (Å²) in [6.45, 7) is 0.505. The molecule has 0 saturated carbocycles. The Labute approximate surface area is 87.2 Å². The van der Waals surface area contributed by atoms with E-state index in [9.17, 15) is 9.59 Å². The van der Waals surface area contributed by atoms with E-state index < -0.39 is 5.91 Å². The van der Waals surface area contributed by atoms with E-state index >= 15 is 0 Å². The average Bonchev–Trinajstić information content (AvgIpc) is 2.64. The molecule has 1 fully saturated rings. The van der Waals surface area contributed by atoms with Crippen molar-refractivity contribution in [3.8, 4) is 0 Å². The first-order chi connectivity index (χ1) is 7.15. The maximum absolute atomic E-state index is 11.5. The molecule has 1 saturated heterocycles. The summed E-state index contributed by atoms with van der Waals surface area (Å²) in [6, 6.07) is -0.0258. The largest absolute Gasteiger partial charge is 0.379 e. The highest BCUT2D eigenvalue weighted by Gasteiger charge is 2.33. The Hall–Kier alpha value is -1.18. The number of hydroxylamine groups is 1. The van der Waals surface area contributed by atoms with E-state index in [-0.39, 0.29) is 24.5 Å². The summed E-state index contributed by atoms with van der Waals surface area (Å²) in [6.07, 6.45) is 0. The molecule has 86 valence electrons. The number of nitrogens with one attached hydrogen (secondary N) is 2. The molecule has 0 radical (unpaired) electrons. The van der Waals surface area contributed by atoms with Crippen molar-refractivity contribution < 1.29 is 19.2 Å². The first kappa shape index (κ1) is 11.9. The second kappa shape index (κ2) is 5.64. The highest BCUT2D eigenvalue weighted by Crippen LogP contribution is 2.13. The van der Waals surface area contributed by atoms with Gasteiger partial charge in [0.25, 0.3) is 5.91 Å². The minimum atomic E-state index is -0.636. The van der Waals surface area contributed by atoms with Crippen LogP contribution < -0.4 is 16.5 Å². The van der Waals surface area contributed by atoms with Crippen LogP contribution in [0.15, 0.2) is 0 Å². The molecular formula is C8H15N3O4. The Kier molecular flexibility index (Phi) is 4.47. The smallest absolute Gasteiger partial charge is 0.250 e. The van der Waals surface area contributed by atoms with Gasteiger partial charge in [-0.3, -0.25) is 14.4 Å². The van der Waals surface area contributed by atoms with Gasteiger partial charge in [0.15, 0.2) is 6.61 Å². The van der Waals surface area contributed by atoms with Gasteiger partial charge in [-0.1, -0.05) is 0 Å². The SMILES string of the molecule is CNC1COCC1C(=O)NOCC(N)=O. The van der Waals surface area contributed by atoms with Crippen molar-refractivity contribution in [3.63, 3.8) is 0 Å². The zero-order chi connectivity index (χ0) is 11.3. The molecule has 4 N–H and O–H groups in total. The lowest BCUT2D eigenvalue weighted by atomic mass is 10.0. The van der Waals surface area contributed by atoms with Crippen molar-refractivity contribution >= 4 is 11.8 Å². The zero-order valence-electron chi connectivity index (χ0n) is 8.49. The van der Waals surface area contributed by atoms with Crippen LogP contribution in [0.4, 0.5) is 0 Å². The number of carbonyl (C=O) groups is 2. The molecule has 1 aliphatic rings. The van der Waals surface area contributed by atoms with Crippen LogP contribution in [0.25, 0.3) is 0 Å². The average molecular weight is 217 g/mol. The minimum Gasteiger partial charge on any atom is -0.379 e. The van der Waals surface area contributed by atoms with Crippen LogP contribution in [-0.2, 0) is 19.2 Å². The Morgan fingerprint density at radius 3 is 2.87 bits per heavy atom. The lowest BCUT2D eigenvalue weighted by Crippen LogP contribution is -2.43. The summed E-state index contributed by atoms with van der Waals surface area (Å²) >= 11 is 0. The lowest BCUT2D eigenvalue weighted by Gasteiger charge is -2.15. The van der Waals surface area contributed by atoms with Crippen molar-refractivity contribution in [3.05, 3.63) is 0 Å². The van der Waals surface area contributed by atoms with Crippen LogP contribution in [0.5, 0.6) is 0 Å². The van der Waals surface area contributed by atoms with Crippen molar-refractivity contribution in [2.45, 2.75) is 6.04 Å². The number of amides is 2. The Morgan fingerprint density at radius 1 is 1.53 bits per heavy atom. The molecule has 1 aliphatic heterocycles. The van der Waals surface area contributed by atoms with Crippen molar-refractivity contribution in [2.75, 3.05) is 26.9 Å². The molecule has 2 atom stereocenters. The molecule has 0 aliphatic carbocycles. The van der Waals surface area contributed by atoms with E-state index in [0.717, 1.165) is 0 Å². The van der Waals surface area contributed by atoms with E-state index in [1.54, 1.807) is 7.05 Å². The number of ether oxygens (including phenoxy) is 1. The maximum Gasteiger partial charge on any atom is 0.250 e. The lowest BCUT2D eigenvalue weighted by molar-refractivity contribution is -0.141. The van der Waals surface area contributed by atoms with Gasteiger partial charge in [-0.15, -0.1) is 0 Å². The third-order valence-corrected chi connectivity index (χ3v) is 2.18. The van der Waals surface area contributed by atoms with Gasteiger partial charge in [0.2, 0.25) is 5.91 Å². The van der Waals surface area contributed by atoms with Gasteiger partial charge in [-0.25, -0.2) is 5.48 Å². The quantitative estimate of drug-likeness (QED) is 0.452. The Bertz CT molecular complexity index is 246. The third kappa shape index (κ3) is 3.46. The molecule has 0 aromatic heterocycles. The summed E-state index contributed by atoms with van der Waals surface area (Å²) < 4.78 is 5.14. The van der Waals surface area contributed by atoms with E-state index in [2.05, 4.69) is 15.6 Å². The predicted molar refractivity (Wildman–Crippen MR) is 50.4 cm³/mol. The van der Waals surface area contributed by atoms with Gasteiger partial charge < -0.3 is 15.8 Å². The fourth-order valence-corrected chi connectivity index (χ4v) is 1.35. The summed E-state index contributed by atoms with van der Waals surface area (Å²) in [5, 5.41) is 2.96. The highest BCUT2D eigenvalue weighted by atomic mass is 16.7. The van der Waals surface area contributed by atoms with Crippen LogP contribution in [0.3, 0.4) is 0 Å². The van der Waals surface area contributed by atoms with Gasteiger partial charge in [-0.05, 0) is 7.05 Å². The van der Waals surface area contributed by atoms with Crippen molar-refractivity contribution in [1.29, 1.82) is 0 Å². The number of hydrogen-bond acceptors (Lipinski definition) is 5. The standard InChI is InChI=1S/C8H15N3O4/c1-10-6-3-14-2-5(6)8(13)11-15-4-7(9)12/h5-6,10H,2-4H2,1H3,(H2,9,12)(H,11,13). The molecule has 0 bridgehead atoms. The molecule has 2 unspecified atom stereocenters. The van der Waals surface area contributed by atoms with Crippen LogP contribution in [0.2, 0.25) is 0 Å². The van der Waals surface area contributed by atoms with Gasteiger partial charge in [0, 0.05) is 6.04 Å². The molecule has 1 heterocycles. The number of likely N-dealkylation sites (N-methyl/N-ethyl adjacent to an activating group) is 1. The summed E-state index contributed by atoms with van der Waals surface area (Å²) in [7, 11) is 1.75. The third-order valence-electron chi connectivity index (χ3n) is 2.18. The number of nitrogens with two attached hydrogens (primary N) is 1. The monoisotopic (exact) mass is 217 g/mol. The normalized spacial score (nSPS) is 25.1. The molecule has 2 amide bonds.